The minimum absolute atomic E-state index is 0.0223. The molecular formula is C42H43ClN6O4. The fourth-order valence-electron chi connectivity index (χ4n) is 7.95. The molecule has 3 aliphatic rings. The summed E-state index contributed by atoms with van der Waals surface area (Å²) in [7, 11) is 3.92. The van der Waals surface area contributed by atoms with Gasteiger partial charge in [0.15, 0.2) is 0 Å². The first kappa shape index (κ1) is 34.9. The number of phenols is 1. The molecule has 0 spiro atoms. The molecule has 3 aromatic carbocycles. The van der Waals surface area contributed by atoms with Crippen LogP contribution >= 0.6 is 11.6 Å². The van der Waals surface area contributed by atoms with Gasteiger partial charge in [-0.3, -0.25) is 19.4 Å². The Hall–Kier alpha value is -5.16. The van der Waals surface area contributed by atoms with Crippen LogP contribution in [0.1, 0.15) is 43.1 Å². The van der Waals surface area contributed by atoms with E-state index in [2.05, 4.69) is 28.0 Å². The summed E-state index contributed by atoms with van der Waals surface area (Å²) in [5, 5.41) is 10.6. The van der Waals surface area contributed by atoms with Gasteiger partial charge >= 0.3 is 0 Å². The number of amides is 2. The van der Waals surface area contributed by atoms with Gasteiger partial charge < -0.3 is 24.2 Å². The second-order valence-corrected chi connectivity index (χ2v) is 14.7. The summed E-state index contributed by atoms with van der Waals surface area (Å²) in [6.45, 7) is 7.10. The molecule has 0 unspecified atom stereocenters. The van der Waals surface area contributed by atoms with Crippen LogP contribution < -0.4 is 9.80 Å². The number of nitrogens with zero attached hydrogens (tertiary/aromatic N) is 6. The maximum Gasteiger partial charge on any atom is 0.264 e. The molecule has 5 aromatic rings. The van der Waals surface area contributed by atoms with Crippen molar-refractivity contribution in [2.45, 2.75) is 32.4 Å². The first-order chi connectivity index (χ1) is 25.7. The average molecular weight is 731 g/mol. The molecule has 5 heterocycles. The van der Waals surface area contributed by atoms with E-state index in [0.717, 1.165) is 61.7 Å². The largest absolute Gasteiger partial charge is 0.508 e. The average Bonchev–Trinajstić information content (AvgIpc) is 3.69. The van der Waals surface area contributed by atoms with Crippen molar-refractivity contribution < 1.29 is 19.4 Å². The lowest BCUT2D eigenvalue weighted by Crippen LogP contribution is -2.52. The Labute approximate surface area is 314 Å². The molecule has 0 bridgehead atoms. The fraction of sp³-hybridized carbons (Fsp3) is 0.310. The number of carbonyl (C=O) groups is 2. The number of aromatic nitrogens is 2. The molecule has 2 aromatic heterocycles. The number of hydrogen-bond donors (Lipinski definition) is 1. The maximum absolute atomic E-state index is 14.9. The van der Waals surface area contributed by atoms with Gasteiger partial charge in [-0.1, -0.05) is 35.9 Å². The number of likely N-dealkylation sites (N-methyl/N-ethyl adjacent to an activating group) is 1. The van der Waals surface area contributed by atoms with Gasteiger partial charge in [-0.15, -0.1) is 0 Å². The van der Waals surface area contributed by atoms with Gasteiger partial charge in [0.1, 0.15) is 11.6 Å². The van der Waals surface area contributed by atoms with Crippen molar-refractivity contribution in [2.24, 2.45) is 7.05 Å². The Morgan fingerprint density at radius 2 is 1.66 bits per heavy atom. The molecule has 1 atom stereocenters. The Morgan fingerprint density at radius 1 is 0.906 bits per heavy atom. The third kappa shape index (κ3) is 6.67. The summed E-state index contributed by atoms with van der Waals surface area (Å²) in [5.41, 5.74) is 7.84. The standard InChI is InChI=1S/C42H43ClN6O4/c1-27-37(42(52)49(32-9-11-35(50)12-10-32)33-21-29-14-15-45(2)40(29)44-24-33)23-39(46(27)3)38-22-31(43)8-13-36(38)41(51)48-25-30-7-5-4-6-28(30)20-34(48)26-47-16-18-53-19-17-47/h4-13,21-24,34,50H,14-20,25-26H2,1-3H3/t34-/m0/s1. The van der Waals surface area contributed by atoms with Crippen molar-refractivity contribution in [1.82, 2.24) is 19.4 Å². The zero-order chi connectivity index (χ0) is 36.8. The molecular weight excluding hydrogens is 688 g/mol. The zero-order valence-corrected chi connectivity index (χ0v) is 31.0. The number of carbonyl (C=O) groups excluding carboxylic acids is 2. The normalized spacial score (nSPS) is 17.1. The quantitative estimate of drug-likeness (QED) is 0.201. The van der Waals surface area contributed by atoms with Gasteiger partial charge in [-0.2, -0.15) is 0 Å². The Kier molecular flexibility index (Phi) is 9.44. The molecule has 10 nitrogen and oxygen atoms in total. The van der Waals surface area contributed by atoms with Crippen LogP contribution in [0.25, 0.3) is 11.3 Å². The number of benzene rings is 3. The van der Waals surface area contributed by atoms with E-state index in [4.69, 9.17) is 21.3 Å². The highest BCUT2D eigenvalue weighted by Crippen LogP contribution is 2.37. The number of fused-ring (bicyclic) bond motifs is 2. The second-order valence-electron chi connectivity index (χ2n) is 14.3. The van der Waals surface area contributed by atoms with E-state index in [-0.39, 0.29) is 23.6 Å². The Bertz CT molecular complexity index is 2190. The molecule has 53 heavy (non-hydrogen) atoms. The van der Waals surface area contributed by atoms with Crippen LogP contribution in [-0.2, 0) is 31.2 Å². The summed E-state index contributed by atoms with van der Waals surface area (Å²) in [6, 6.07) is 24.2. The third-order valence-electron chi connectivity index (χ3n) is 11.0. The highest BCUT2D eigenvalue weighted by atomic mass is 35.5. The number of pyridine rings is 1. The number of rotatable bonds is 7. The zero-order valence-electron chi connectivity index (χ0n) is 30.3. The van der Waals surface area contributed by atoms with Crippen molar-refractivity contribution >= 4 is 40.6 Å². The monoisotopic (exact) mass is 730 g/mol. The van der Waals surface area contributed by atoms with E-state index >= 15 is 0 Å². The smallest absolute Gasteiger partial charge is 0.264 e. The fourth-order valence-corrected chi connectivity index (χ4v) is 8.13. The predicted octanol–water partition coefficient (Wildman–Crippen LogP) is 6.62. The third-order valence-corrected chi connectivity index (χ3v) is 11.3. The molecule has 1 saturated heterocycles. The Morgan fingerprint density at radius 3 is 2.43 bits per heavy atom. The van der Waals surface area contributed by atoms with Gasteiger partial charge in [0.2, 0.25) is 0 Å². The summed E-state index contributed by atoms with van der Waals surface area (Å²) < 4.78 is 7.57. The SMILES string of the molecule is Cc1c(C(=O)N(c2ccc(O)cc2)c2cnc3c(c2)CCN3C)cc(-c2cc(Cl)ccc2C(=O)N2Cc3ccccc3C[C@H]2CN2CCOCC2)n1C. The number of morpholine rings is 1. The number of aromatic hydroxyl groups is 1. The number of ether oxygens (including phenoxy) is 1. The highest BCUT2D eigenvalue weighted by molar-refractivity contribution is 6.31. The number of halogens is 1. The lowest BCUT2D eigenvalue weighted by Gasteiger charge is -2.40. The van der Waals surface area contributed by atoms with Crippen LogP contribution in [0, 0.1) is 6.92 Å². The summed E-state index contributed by atoms with van der Waals surface area (Å²) >= 11 is 6.66. The number of hydrogen-bond acceptors (Lipinski definition) is 7. The molecule has 0 aliphatic carbocycles. The van der Waals surface area contributed by atoms with Crippen LogP contribution in [0.3, 0.4) is 0 Å². The van der Waals surface area contributed by atoms with Gasteiger partial charge in [0.25, 0.3) is 11.8 Å². The molecule has 0 radical (unpaired) electrons. The van der Waals surface area contributed by atoms with Gasteiger partial charge in [-0.25, -0.2) is 4.98 Å². The first-order valence-corrected chi connectivity index (χ1v) is 18.5. The van der Waals surface area contributed by atoms with Crippen LogP contribution in [0.2, 0.25) is 5.02 Å². The summed E-state index contributed by atoms with van der Waals surface area (Å²) in [6.07, 6.45) is 3.33. The van der Waals surface area contributed by atoms with Crippen LogP contribution in [0.4, 0.5) is 17.2 Å². The van der Waals surface area contributed by atoms with E-state index in [9.17, 15) is 14.7 Å². The van der Waals surface area contributed by atoms with Gasteiger partial charge in [0, 0.05) is 86.1 Å². The highest BCUT2D eigenvalue weighted by Gasteiger charge is 2.34. The van der Waals surface area contributed by atoms with Crippen LogP contribution in [0.5, 0.6) is 5.75 Å². The summed E-state index contributed by atoms with van der Waals surface area (Å²) in [4.78, 5) is 42.5. The molecule has 8 rings (SSSR count). The molecule has 1 N–H and O–H groups in total. The van der Waals surface area contributed by atoms with Crippen molar-refractivity contribution in [3.8, 4) is 17.0 Å². The maximum atomic E-state index is 14.9. The number of anilines is 3. The Balaban J connectivity index is 1.18. The van der Waals surface area contributed by atoms with E-state index in [1.807, 2.05) is 60.8 Å². The lowest BCUT2D eigenvalue weighted by atomic mass is 9.92. The molecule has 3 aliphatic heterocycles. The topological polar surface area (TPSA) is 94.4 Å². The summed E-state index contributed by atoms with van der Waals surface area (Å²) in [5.74, 6) is 0.690. The van der Waals surface area contributed by atoms with Crippen molar-refractivity contribution in [2.75, 3.05) is 56.2 Å². The minimum atomic E-state index is -0.253. The molecule has 0 saturated carbocycles. The van der Waals surface area contributed by atoms with Crippen molar-refractivity contribution in [3.63, 3.8) is 0 Å². The molecule has 272 valence electrons. The van der Waals surface area contributed by atoms with Crippen LogP contribution in [0.15, 0.2) is 85.1 Å². The van der Waals surface area contributed by atoms with E-state index < -0.39 is 0 Å². The lowest BCUT2D eigenvalue weighted by molar-refractivity contribution is 0.0193. The van der Waals surface area contributed by atoms with E-state index in [1.54, 1.807) is 41.4 Å². The minimum Gasteiger partial charge on any atom is -0.508 e. The molecule has 11 heteroatoms. The predicted molar refractivity (Wildman–Crippen MR) is 207 cm³/mol. The van der Waals surface area contributed by atoms with Crippen molar-refractivity contribution in [3.05, 3.63) is 124 Å². The number of phenolic OH excluding ortho intramolecular Hbond substituents is 1. The van der Waals surface area contributed by atoms with E-state index in [1.165, 1.54) is 5.56 Å². The van der Waals surface area contributed by atoms with Gasteiger partial charge in [-0.05, 0) is 91.1 Å². The first-order valence-electron chi connectivity index (χ1n) is 18.1. The second kappa shape index (κ2) is 14.3. The van der Waals surface area contributed by atoms with Gasteiger partial charge in [0.05, 0.1) is 30.7 Å². The molecule has 1 fully saturated rings. The van der Waals surface area contributed by atoms with E-state index in [0.29, 0.717) is 58.5 Å². The van der Waals surface area contributed by atoms with Crippen LogP contribution in [-0.4, -0.2) is 88.8 Å². The molecule has 2 amide bonds. The van der Waals surface area contributed by atoms with Crippen molar-refractivity contribution in [1.29, 1.82) is 0 Å².